The van der Waals surface area contributed by atoms with Crippen molar-refractivity contribution in [3.05, 3.63) is 35.9 Å². The number of rotatable bonds is 5. The van der Waals surface area contributed by atoms with Crippen LogP contribution in [0.4, 0.5) is 4.79 Å². The minimum absolute atomic E-state index is 0.0134. The molecule has 0 aromatic heterocycles. The molecule has 7 heteroatoms. The zero-order valence-corrected chi connectivity index (χ0v) is 18.3. The van der Waals surface area contributed by atoms with Gasteiger partial charge in [-0.25, -0.2) is 4.79 Å². The number of nitrogens with one attached hydrogen (secondary N) is 1. The molecule has 0 radical (unpaired) electrons. The Morgan fingerprint density at radius 1 is 0.968 bits per heavy atom. The Bertz CT molecular complexity index is 779. The van der Waals surface area contributed by atoms with Gasteiger partial charge in [-0.2, -0.15) is 0 Å². The topological polar surface area (TPSA) is 65.1 Å². The van der Waals surface area contributed by atoms with Gasteiger partial charge in [-0.15, -0.1) is 0 Å². The number of piperidine rings is 2. The molecule has 4 heterocycles. The summed E-state index contributed by atoms with van der Waals surface area (Å²) in [6.07, 6.45) is 4.30. The van der Waals surface area contributed by atoms with Gasteiger partial charge in [-0.1, -0.05) is 30.3 Å². The first-order valence-corrected chi connectivity index (χ1v) is 11.9. The Morgan fingerprint density at radius 3 is 2.39 bits per heavy atom. The molecule has 1 atom stereocenters. The molecule has 4 aliphatic rings. The summed E-state index contributed by atoms with van der Waals surface area (Å²) in [7, 11) is 0. The van der Waals surface area contributed by atoms with Crippen LogP contribution in [0.25, 0.3) is 0 Å². The first kappa shape index (κ1) is 20.9. The third kappa shape index (κ3) is 4.36. The van der Waals surface area contributed by atoms with E-state index in [0.29, 0.717) is 18.8 Å². The van der Waals surface area contributed by atoms with Crippen LogP contribution in [0.3, 0.4) is 0 Å². The lowest BCUT2D eigenvalue weighted by Crippen LogP contribution is -2.55. The van der Waals surface area contributed by atoms with E-state index in [2.05, 4.69) is 39.4 Å². The predicted molar refractivity (Wildman–Crippen MR) is 117 cm³/mol. The fourth-order valence-electron chi connectivity index (χ4n) is 5.70. The second-order valence-electron chi connectivity index (χ2n) is 9.71. The molecule has 1 N–H and O–H groups in total. The van der Waals surface area contributed by atoms with Gasteiger partial charge < -0.3 is 15.0 Å². The highest BCUT2D eigenvalue weighted by atomic mass is 16.5. The van der Waals surface area contributed by atoms with Crippen LogP contribution >= 0.6 is 0 Å². The summed E-state index contributed by atoms with van der Waals surface area (Å²) >= 11 is 0. The number of likely N-dealkylation sites (tertiary alicyclic amines) is 2. The third-order valence-corrected chi connectivity index (χ3v) is 7.61. The van der Waals surface area contributed by atoms with E-state index in [9.17, 15) is 9.59 Å². The van der Waals surface area contributed by atoms with Crippen LogP contribution in [0.1, 0.15) is 37.7 Å². The van der Waals surface area contributed by atoms with Gasteiger partial charge in [0.25, 0.3) is 5.91 Å². The molecule has 1 aromatic rings. The van der Waals surface area contributed by atoms with Crippen LogP contribution in [0.15, 0.2) is 30.3 Å². The standard InChI is InChI=1S/C24H34N4O3/c29-22-24(9-13-27(14-10-24)16-19-4-2-1-3-5-19)25-23(30)28(22)21-6-11-26(12-7-21)17-20-8-15-31-18-20/h1-5,20-21H,6-18H2,(H,25,30)/t20-/m1/s1. The fourth-order valence-corrected chi connectivity index (χ4v) is 5.70. The molecule has 3 amide bonds. The van der Waals surface area contributed by atoms with Crippen molar-refractivity contribution >= 4 is 11.9 Å². The Morgan fingerprint density at radius 2 is 1.71 bits per heavy atom. The SMILES string of the molecule is O=C1NC2(CCN(Cc3ccccc3)CC2)C(=O)N1C1CCN(C[C@H]2CCOC2)CC1. The number of carbonyl (C=O) groups excluding carboxylic acids is 2. The van der Waals surface area contributed by atoms with E-state index < -0.39 is 5.54 Å². The maximum Gasteiger partial charge on any atom is 0.325 e. The molecule has 0 unspecified atom stereocenters. The molecule has 0 bridgehead atoms. The molecule has 1 spiro atoms. The smallest absolute Gasteiger partial charge is 0.325 e. The second-order valence-corrected chi connectivity index (χ2v) is 9.71. The number of hydrogen-bond donors (Lipinski definition) is 1. The van der Waals surface area contributed by atoms with Crippen molar-refractivity contribution in [3.63, 3.8) is 0 Å². The van der Waals surface area contributed by atoms with Crippen molar-refractivity contribution in [1.82, 2.24) is 20.0 Å². The summed E-state index contributed by atoms with van der Waals surface area (Å²) in [4.78, 5) is 32.7. The summed E-state index contributed by atoms with van der Waals surface area (Å²) < 4.78 is 5.50. The number of benzene rings is 1. The van der Waals surface area contributed by atoms with Crippen LogP contribution < -0.4 is 5.32 Å². The normalized spacial score (nSPS) is 27.9. The second kappa shape index (κ2) is 8.88. The van der Waals surface area contributed by atoms with E-state index in [0.717, 1.165) is 71.7 Å². The molecule has 31 heavy (non-hydrogen) atoms. The Hall–Kier alpha value is -1.96. The molecule has 0 aliphatic carbocycles. The molecule has 4 aliphatic heterocycles. The highest BCUT2D eigenvalue weighted by Crippen LogP contribution is 2.33. The molecule has 1 aromatic carbocycles. The number of ether oxygens (including phenoxy) is 1. The number of amides is 3. The first-order chi connectivity index (χ1) is 15.1. The lowest BCUT2D eigenvalue weighted by molar-refractivity contribution is -0.135. The highest BCUT2D eigenvalue weighted by Gasteiger charge is 2.54. The van der Waals surface area contributed by atoms with Crippen molar-refractivity contribution in [3.8, 4) is 0 Å². The number of nitrogens with zero attached hydrogens (tertiary/aromatic N) is 3. The van der Waals surface area contributed by atoms with Crippen LogP contribution in [0.2, 0.25) is 0 Å². The highest BCUT2D eigenvalue weighted by molar-refractivity contribution is 6.07. The van der Waals surface area contributed by atoms with Crippen molar-refractivity contribution in [2.75, 3.05) is 45.9 Å². The maximum atomic E-state index is 13.4. The fraction of sp³-hybridized carbons (Fsp3) is 0.667. The molecular weight excluding hydrogens is 392 g/mol. The van der Waals surface area contributed by atoms with Gasteiger partial charge in [0.05, 0.1) is 6.61 Å². The quantitative estimate of drug-likeness (QED) is 0.731. The van der Waals surface area contributed by atoms with E-state index in [1.165, 1.54) is 5.56 Å². The van der Waals surface area contributed by atoms with Gasteiger partial charge in [0, 0.05) is 51.9 Å². The number of carbonyl (C=O) groups is 2. The lowest BCUT2D eigenvalue weighted by atomic mass is 9.86. The summed E-state index contributed by atoms with van der Waals surface area (Å²) in [6.45, 7) is 7.30. The predicted octanol–water partition coefficient (Wildman–Crippen LogP) is 2.07. The van der Waals surface area contributed by atoms with Gasteiger partial charge in [0.15, 0.2) is 0 Å². The van der Waals surface area contributed by atoms with Crippen LogP contribution in [-0.4, -0.2) is 84.2 Å². The van der Waals surface area contributed by atoms with E-state index in [1.807, 2.05) is 6.07 Å². The van der Waals surface area contributed by atoms with E-state index in [1.54, 1.807) is 4.90 Å². The Labute approximate surface area is 184 Å². The van der Waals surface area contributed by atoms with Gasteiger partial charge >= 0.3 is 6.03 Å². The molecule has 0 saturated carbocycles. The first-order valence-electron chi connectivity index (χ1n) is 11.9. The van der Waals surface area contributed by atoms with Crippen molar-refractivity contribution in [2.45, 2.75) is 50.2 Å². The number of hydrogen-bond acceptors (Lipinski definition) is 5. The zero-order valence-electron chi connectivity index (χ0n) is 18.3. The molecule has 4 saturated heterocycles. The van der Waals surface area contributed by atoms with Crippen molar-refractivity contribution in [1.29, 1.82) is 0 Å². The zero-order chi connectivity index (χ0) is 21.3. The van der Waals surface area contributed by atoms with Crippen LogP contribution in [0.5, 0.6) is 0 Å². The van der Waals surface area contributed by atoms with Gasteiger partial charge in [0.1, 0.15) is 5.54 Å². The number of imide groups is 1. The minimum atomic E-state index is -0.692. The maximum absolute atomic E-state index is 13.4. The molecule has 5 rings (SSSR count). The molecule has 168 valence electrons. The van der Waals surface area contributed by atoms with Gasteiger partial charge in [-0.05, 0) is 43.6 Å². The Kier molecular flexibility index (Phi) is 5.99. The van der Waals surface area contributed by atoms with Gasteiger partial charge in [0.2, 0.25) is 0 Å². The van der Waals surface area contributed by atoms with Crippen LogP contribution in [0, 0.1) is 5.92 Å². The van der Waals surface area contributed by atoms with E-state index in [4.69, 9.17) is 4.74 Å². The average Bonchev–Trinajstić information content (AvgIpc) is 3.38. The lowest BCUT2D eigenvalue weighted by Gasteiger charge is -2.39. The monoisotopic (exact) mass is 426 g/mol. The molecule has 7 nitrogen and oxygen atoms in total. The molecule has 4 fully saturated rings. The molecular formula is C24H34N4O3. The van der Waals surface area contributed by atoms with Crippen LogP contribution in [-0.2, 0) is 16.1 Å². The van der Waals surface area contributed by atoms with E-state index >= 15 is 0 Å². The van der Waals surface area contributed by atoms with Crippen molar-refractivity contribution < 1.29 is 14.3 Å². The minimum Gasteiger partial charge on any atom is -0.381 e. The Balaban J connectivity index is 1.15. The summed E-state index contributed by atoms with van der Waals surface area (Å²) in [6, 6.07) is 10.3. The van der Waals surface area contributed by atoms with E-state index in [-0.39, 0.29) is 18.0 Å². The summed E-state index contributed by atoms with van der Waals surface area (Å²) in [5.74, 6) is 0.650. The van der Waals surface area contributed by atoms with Gasteiger partial charge in [-0.3, -0.25) is 14.6 Å². The third-order valence-electron chi connectivity index (χ3n) is 7.61. The van der Waals surface area contributed by atoms with Crippen molar-refractivity contribution in [2.24, 2.45) is 5.92 Å². The largest absolute Gasteiger partial charge is 0.381 e. The average molecular weight is 427 g/mol. The number of urea groups is 1. The summed E-state index contributed by atoms with van der Waals surface area (Å²) in [5, 5.41) is 3.10. The summed E-state index contributed by atoms with van der Waals surface area (Å²) in [5.41, 5.74) is 0.598.